The zero-order valence-corrected chi connectivity index (χ0v) is 27.5. The minimum atomic E-state index is -0.874. The molecule has 2 aliphatic rings. The van der Waals surface area contributed by atoms with Crippen molar-refractivity contribution in [2.24, 2.45) is 4.99 Å². The number of hydrogen-bond donors (Lipinski definition) is 1. The van der Waals surface area contributed by atoms with Crippen LogP contribution in [0.5, 0.6) is 11.5 Å². The molecule has 232 valence electrons. The highest BCUT2D eigenvalue weighted by atomic mass is 79.9. The van der Waals surface area contributed by atoms with Gasteiger partial charge in [0.15, 0.2) is 26.5 Å². The number of nitrogens with one attached hydrogen (secondary N) is 1. The van der Waals surface area contributed by atoms with Gasteiger partial charge in [-0.15, -0.1) is 0 Å². The Morgan fingerprint density at radius 3 is 2.74 bits per heavy atom. The number of benzene rings is 2. The van der Waals surface area contributed by atoms with Gasteiger partial charge in [-0.1, -0.05) is 47.7 Å². The summed E-state index contributed by atoms with van der Waals surface area (Å²) in [5, 5.41) is 0.816. The number of esters is 1. The molecule has 3 aromatic heterocycles. The van der Waals surface area contributed by atoms with E-state index in [2.05, 4.69) is 25.9 Å². The Morgan fingerprint density at radius 2 is 1.96 bits per heavy atom. The van der Waals surface area contributed by atoms with Crippen LogP contribution in [-0.4, -0.2) is 33.9 Å². The summed E-state index contributed by atoms with van der Waals surface area (Å²) in [6.45, 7) is 3.68. The number of rotatable bonds is 7. The lowest BCUT2D eigenvalue weighted by atomic mass is 9.93. The number of furan rings is 1. The summed E-state index contributed by atoms with van der Waals surface area (Å²) < 4.78 is 25.2. The van der Waals surface area contributed by atoms with E-state index in [4.69, 9.17) is 23.6 Å². The number of aromatic nitrogens is 3. The highest BCUT2D eigenvalue weighted by molar-refractivity contribution is 9.10. The predicted octanol–water partition coefficient (Wildman–Crippen LogP) is 4.56. The lowest BCUT2D eigenvalue weighted by molar-refractivity contribution is -0.138. The molecule has 0 unspecified atom stereocenters. The van der Waals surface area contributed by atoms with Crippen molar-refractivity contribution in [2.45, 2.75) is 30.1 Å². The van der Waals surface area contributed by atoms with Crippen LogP contribution in [0, 0.1) is 6.92 Å². The topological polar surface area (TPSA) is 138 Å². The Morgan fingerprint density at radius 1 is 1.15 bits per heavy atom. The number of carbonyl (C=O) groups is 1. The molecule has 1 N–H and O–H groups in total. The first kappa shape index (κ1) is 30.0. The van der Waals surface area contributed by atoms with Crippen molar-refractivity contribution in [3.8, 4) is 11.5 Å². The van der Waals surface area contributed by atoms with Gasteiger partial charge in [-0.2, -0.15) is 0 Å². The van der Waals surface area contributed by atoms with E-state index in [0.29, 0.717) is 63.8 Å². The molecule has 2 aromatic carbocycles. The second-order valence-electron chi connectivity index (χ2n) is 10.1. The monoisotopic (exact) mass is 718 g/mol. The summed E-state index contributed by atoms with van der Waals surface area (Å²) in [5.74, 6) is 0.891. The van der Waals surface area contributed by atoms with E-state index >= 15 is 0 Å². The van der Waals surface area contributed by atoms with E-state index in [1.807, 2.05) is 30.3 Å². The average Bonchev–Trinajstić information content (AvgIpc) is 3.73. The van der Waals surface area contributed by atoms with E-state index in [9.17, 15) is 14.4 Å². The molecule has 5 aromatic rings. The van der Waals surface area contributed by atoms with Gasteiger partial charge < -0.3 is 23.6 Å². The van der Waals surface area contributed by atoms with Gasteiger partial charge in [0.05, 0.1) is 32.9 Å². The zero-order chi connectivity index (χ0) is 31.9. The van der Waals surface area contributed by atoms with Crippen LogP contribution in [0.25, 0.3) is 11.8 Å². The number of ether oxygens (including phenoxy) is 3. The molecule has 46 heavy (non-hydrogen) atoms. The molecule has 0 saturated carbocycles. The van der Waals surface area contributed by atoms with Crippen molar-refractivity contribution < 1.29 is 23.4 Å². The fourth-order valence-electron chi connectivity index (χ4n) is 5.17. The quantitative estimate of drug-likeness (QED) is 0.190. The Hall–Kier alpha value is -4.66. The van der Waals surface area contributed by atoms with Crippen molar-refractivity contribution in [3.63, 3.8) is 0 Å². The fraction of sp³-hybridized carbons (Fsp3) is 0.156. The minimum absolute atomic E-state index is 0.0758. The van der Waals surface area contributed by atoms with Crippen molar-refractivity contribution in [1.82, 2.24) is 14.5 Å². The van der Waals surface area contributed by atoms with Gasteiger partial charge in [0.25, 0.3) is 11.1 Å². The molecule has 11 nitrogen and oxygen atoms in total. The smallest absolute Gasteiger partial charge is 0.338 e. The first-order chi connectivity index (χ1) is 22.3. The Labute approximate surface area is 277 Å². The number of halogens is 1. The Kier molecular flexibility index (Phi) is 8.01. The SMILES string of the molecule is CCOC(=O)C1=C(c2ccccc2)N=c2s/c(=C/c3cc(Br)c(Sc4nc(C)cc(=O)[nH]4)o3)c(=O)n2[C@@H]1c1ccc2c(c1)OCO2. The van der Waals surface area contributed by atoms with E-state index in [0.717, 1.165) is 11.8 Å². The first-order valence-corrected chi connectivity index (χ1v) is 16.4. The van der Waals surface area contributed by atoms with Crippen molar-refractivity contribution >= 4 is 56.8 Å². The number of aromatic amines is 1. The molecule has 0 saturated heterocycles. The summed E-state index contributed by atoms with van der Waals surface area (Å²) in [6.07, 6.45) is 1.62. The van der Waals surface area contributed by atoms with Crippen LogP contribution in [0.1, 0.15) is 35.5 Å². The van der Waals surface area contributed by atoms with Gasteiger partial charge in [-0.3, -0.25) is 14.2 Å². The lowest BCUT2D eigenvalue weighted by Crippen LogP contribution is -2.40. The molecule has 2 aliphatic heterocycles. The van der Waals surface area contributed by atoms with Crippen molar-refractivity contribution in [3.05, 3.63) is 123 Å². The van der Waals surface area contributed by atoms with Crippen LogP contribution >= 0.6 is 39.0 Å². The maximum absolute atomic E-state index is 14.2. The average molecular weight is 720 g/mol. The third-order valence-electron chi connectivity index (χ3n) is 7.07. The maximum atomic E-state index is 14.2. The molecule has 0 fully saturated rings. The van der Waals surface area contributed by atoms with Gasteiger partial charge in [0.2, 0.25) is 6.79 Å². The Bertz CT molecular complexity index is 2290. The molecule has 5 heterocycles. The number of aryl methyl sites for hydroxylation is 1. The van der Waals surface area contributed by atoms with E-state index in [1.54, 1.807) is 44.2 Å². The Balaban J connectivity index is 1.40. The maximum Gasteiger partial charge on any atom is 0.338 e. The van der Waals surface area contributed by atoms with E-state index in [1.165, 1.54) is 22.0 Å². The van der Waals surface area contributed by atoms with Crippen LogP contribution in [0.3, 0.4) is 0 Å². The van der Waals surface area contributed by atoms with E-state index in [-0.39, 0.29) is 30.1 Å². The molecule has 7 rings (SSSR count). The summed E-state index contributed by atoms with van der Waals surface area (Å²) in [6, 6.07) is 16.9. The van der Waals surface area contributed by atoms with Gasteiger partial charge in [-0.25, -0.2) is 14.8 Å². The molecule has 0 aliphatic carbocycles. The second kappa shape index (κ2) is 12.3. The number of hydrogen-bond acceptors (Lipinski definition) is 11. The summed E-state index contributed by atoms with van der Waals surface area (Å²) >= 11 is 5.82. The lowest BCUT2D eigenvalue weighted by Gasteiger charge is -2.26. The number of H-pyrrole nitrogens is 1. The highest BCUT2D eigenvalue weighted by Gasteiger charge is 2.36. The van der Waals surface area contributed by atoms with Crippen LogP contribution < -0.4 is 29.9 Å². The van der Waals surface area contributed by atoms with Crippen molar-refractivity contribution in [1.29, 1.82) is 0 Å². The second-order valence-corrected chi connectivity index (χ2v) is 12.9. The molecule has 0 amide bonds. The van der Waals surface area contributed by atoms with Crippen LogP contribution in [0.15, 0.2) is 100.0 Å². The largest absolute Gasteiger partial charge is 0.463 e. The molecule has 14 heteroatoms. The molecule has 0 radical (unpaired) electrons. The van der Waals surface area contributed by atoms with Gasteiger partial charge in [0.1, 0.15) is 5.76 Å². The molecule has 0 spiro atoms. The van der Waals surface area contributed by atoms with Gasteiger partial charge >= 0.3 is 5.97 Å². The van der Waals surface area contributed by atoms with Crippen LogP contribution in [0.2, 0.25) is 0 Å². The summed E-state index contributed by atoms with van der Waals surface area (Å²) in [4.78, 5) is 52.1. The summed E-state index contributed by atoms with van der Waals surface area (Å²) in [5.41, 5.74) is 1.90. The molecule has 0 bridgehead atoms. The number of fused-ring (bicyclic) bond motifs is 2. The number of nitrogens with zero attached hydrogens (tertiary/aromatic N) is 3. The van der Waals surface area contributed by atoms with Crippen molar-refractivity contribution in [2.75, 3.05) is 13.4 Å². The third kappa shape index (κ3) is 5.63. The van der Waals surface area contributed by atoms with Gasteiger partial charge in [-0.05, 0) is 65.3 Å². The number of thiazole rings is 1. The molecule has 1 atom stereocenters. The molecular formula is C32H23BrN4O7S2. The minimum Gasteiger partial charge on any atom is -0.463 e. The van der Waals surface area contributed by atoms with Crippen LogP contribution in [-0.2, 0) is 9.53 Å². The van der Waals surface area contributed by atoms with Crippen LogP contribution in [0.4, 0.5) is 0 Å². The zero-order valence-electron chi connectivity index (χ0n) is 24.2. The summed E-state index contributed by atoms with van der Waals surface area (Å²) in [7, 11) is 0. The highest BCUT2D eigenvalue weighted by Crippen LogP contribution is 2.40. The molecular weight excluding hydrogens is 696 g/mol. The fourth-order valence-corrected chi connectivity index (χ4v) is 7.51. The van der Waals surface area contributed by atoms with Gasteiger partial charge in [0, 0.05) is 23.4 Å². The third-order valence-corrected chi connectivity index (χ3v) is 9.78. The predicted molar refractivity (Wildman–Crippen MR) is 174 cm³/mol. The van der Waals surface area contributed by atoms with E-state index < -0.39 is 12.0 Å². The standard InChI is InChI=1S/C32H23BrN4O7S2/c1-3-41-29(40)25-26(17-7-5-4-6-8-17)36-32-37(27(25)18-9-10-21-22(12-18)43-15-42-21)28(39)23(45-32)14-19-13-20(33)30(44-19)46-31-34-16(2)11-24(38)35-31/h4-14,27H,3,15H2,1-2H3,(H,34,35,38)/b23-14+/t27-/m1/s1. The normalized spacial score (nSPS) is 15.5. The first-order valence-electron chi connectivity index (χ1n) is 14.0. The number of carbonyl (C=O) groups excluding carboxylic acids is 1.